The van der Waals surface area contributed by atoms with Crippen LogP contribution in [0.1, 0.15) is 27.4 Å². The summed E-state index contributed by atoms with van der Waals surface area (Å²) < 4.78 is 10.2. The van der Waals surface area contributed by atoms with Crippen LogP contribution in [0.15, 0.2) is 40.8 Å². The molecular weight excluding hydrogens is 336 g/mol. The average molecular weight is 358 g/mol. The van der Waals surface area contributed by atoms with Crippen LogP contribution in [0.3, 0.4) is 0 Å². The Hall–Kier alpha value is -3.09. The number of nitrogens with zero attached hydrogens (tertiary/aromatic N) is 1. The molecular formula is C19H22N2O5. The van der Waals surface area contributed by atoms with Gasteiger partial charge in [-0.3, -0.25) is 9.59 Å². The number of ether oxygens (including phenoxy) is 1. The first kappa shape index (κ1) is 19.2. The molecule has 26 heavy (non-hydrogen) atoms. The number of hydrogen-bond acceptors (Lipinski definition) is 5. The molecule has 0 aliphatic rings. The number of nitrogens with one attached hydrogen (secondary N) is 1. The molecule has 0 saturated heterocycles. The number of esters is 1. The molecule has 1 N–H and O–H groups in total. The van der Waals surface area contributed by atoms with Crippen LogP contribution < -0.4 is 5.32 Å². The van der Waals surface area contributed by atoms with Crippen LogP contribution >= 0.6 is 0 Å². The van der Waals surface area contributed by atoms with Crippen molar-refractivity contribution in [3.05, 3.63) is 59.0 Å². The normalized spacial score (nSPS) is 10.3. The van der Waals surface area contributed by atoms with E-state index in [2.05, 4.69) is 10.1 Å². The monoisotopic (exact) mass is 358 g/mol. The van der Waals surface area contributed by atoms with E-state index in [-0.39, 0.29) is 31.3 Å². The van der Waals surface area contributed by atoms with E-state index in [1.807, 2.05) is 30.3 Å². The van der Waals surface area contributed by atoms with E-state index in [0.717, 1.165) is 5.56 Å². The second-order valence-electron chi connectivity index (χ2n) is 5.86. The van der Waals surface area contributed by atoms with Gasteiger partial charge in [-0.05, 0) is 18.6 Å². The van der Waals surface area contributed by atoms with Crippen molar-refractivity contribution >= 4 is 17.8 Å². The van der Waals surface area contributed by atoms with E-state index in [1.54, 1.807) is 20.0 Å². The molecule has 1 heterocycles. The highest BCUT2D eigenvalue weighted by Crippen LogP contribution is 2.16. The lowest BCUT2D eigenvalue weighted by atomic mass is 10.1. The minimum Gasteiger partial charge on any atom is -0.465 e. The summed E-state index contributed by atoms with van der Waals surface area (Å²) >= 11 is 0. The molecule has 0 saturated carbocycles. The lowest BCUT2D eigenvalue weighted by Crippen LogP contribution is -2.38. The number of carbonyl (C=O) groups is 3. The summed E-state index contributed by atoms with van der Waals surface area (Å²) in [4.78, 5) is 37.1. The van der Waals surface area contributed by atoms with E-state index < -0.39 is 5.97 Å². The number of rotatable bonds is 7. The number of hydrogen-bond donors (Lipinski definition) is 1. The van der Waals surface area contributed by atoms with Crippen molar-refractivity contribution in [3.63, 3.8) is 0 Å². The van der Waals surface area contributed by atoms with Crippen molar-refractivity contribution in [2.45, 2.75) is 19.9 Å². The topological polar surface area (TPSA) is 88.9 Å². The molecule has 0 radical (unpaired) electrons. The lowest BCUT2D eigenvalue weighted by Gasteiger charge is -2.16. The van der Waals surface area contributed by atoms with Crippen molar-refractivity contribution in [1.82, 2.24) is 10.2 Å². The van der Waals surface area contributed by atoms with Crippen molar-refractivity contribution in [1.29, 1.82) is 0 Å². The molecule has 0 aliphatic carbocycles. The fourth-order valence-corrected chi connectivity index (χ4v) is 2.41. The van der Waals surface area contributed by atoms with Gasteiger partial charge in [0, 0.05) is 7.05 Å². The highest BCUT2D eigenvalue weighted by atomic mass is 16.5. The molecule has 138 valence electrons. The summed E-state index contributed by atoms with van der Waals surface area (Å²) in [7, 11) is 2.89. The van der Waals surface area contributed by atoms with Crippen LogP contribution in [0.2, 0.25) is 0 Å². The van der Waals surface area contributed by atoms with Crippen molar-refractivity contribution in [2.24, 2.45) is 0 Å². The molecule has 2 amide bonds. The molecule has 2 rings (SSSR count). The standard InChI is InChI=1S/C19H22N2O5/c1-13-16(19(24)25-3)10-15(26-13)12-21(2)18(23)11-20-17(22)9-14-7-5-4-6-8-14/h4-8,10H,9,11-12H2,1-3H3,(H,20,22). The highest BCUT2D eigenvalue weighted by Gasteiger charge is 2.18. The third kappa shape index (κ3) is 5.20. The summed E-state index contributed by atoms with van der Waals surface area (Å²) in [5.74, 6) is -0.0715. The summed E-state index contributed by atoms with van der Waals surface area (Å²) in [6.07, 6.45) is 0.220. The second kappa shape index (κ2) is 8.84. The first-order valence-electron chi connectivity index (χ1n) is 8.13. The SMILES string of the molecule is COC(=O)c1cc(CN(C)C(=O)CNC(=O)Cc2ccccc2)oc1C. The van der Waals surface area contributed by atoms with Gasteiger partial charge in [-0.1, -0.05) is 30.3 Å². The Bertz CT molecular complexity index is 782. The number of methoxy groups -OCH3 is 1. The van der Waals surface area contributed by atoms with Gasteiger partial charge in [-0.25, -0.2) is 4.79 Å². The molecule has 0 bridgehead atoms. The van der Waals surface area contributed by atoms with Gasteiger partial charge >= 0.3 is 5.97 Å². The largest absolute Gasteiger partial charge is 0.465 e. The molecule has 7 heteroatoms. The van der Waals surface area contributed by atoms with E-state index in [9.17, 15) is 14.4 Å². The van der Waals surface area contributed by atoms with Gasteiger partial charge in [0.15, 0.2) is 0 Å². The maximum atomic E-state index is 12.2. The number of aryl methyl sites for hydroxylation is 1. The zero-order valence-electron chi connectivity index (χ0n) is 15.1. The Morgan fingerprint density at radius 1 is 1.19 bits per heavy atom. The van der Waals surface area contributed by atoms with Crippen LogP contribution in [0.4, 0.5) is 0 Å². The predicted molar refractivity (Wildman–Crippen MR) is 94.4 cm³/mol. The van der Waals surface area contributed by atoms with Gasteiger partial charge in [0.2, 0.25) is 11.8 Å². The summed E-state index contributed by atoms with van der Waals surface area (Å²) in [5.41, 5.74) is 1.21. The van der Waals surface area contributed by atoms with Crippen LogP contribution in [-0.2, 0) is 27.3 Å². The van der Waals surface area contributed by atoms with Gasteiger partial charge in [-0.2, -0.15) is 0 Å². The zero-order valence-corrected chi connectivity index (χ0v) is 15.1. The minimum atomic E-state index is -0.486. The molecule has 1 aromatic heterocycles. The number of amides is 2. The summed E-state index contributed by atoms with van der Waals surface area (Å²) in [6.45, 7) is 1.73. The molecule has 7 nitrogen and oxygen atoms in total. The molecule has 0 atom stereocenters. The Labute approximate surface area is 151 Å². The fourth-order valence-electron chi connectivity index (χ4n) is 2.41. The molecule has 0 unspecified atom stereocenters. The summed E-state index contributed by atoms with van der Waals surface area (Å²) in [6, 6.07) is 10.9. The molecule has 0 spiro atoms. The quantitative estimate of drug-likeness (QED) is 0.761. The van der Waals surface area contributed by atoms with E-state index in [0.29, 0.717) is 17.1 Å². The first-order chi connectivity index (χ1) is 12.4. The number of benzene rings is 1. The number of carbonyl (C=O) groups excluding carboxylic acids is 3. The Kier molecular flexibility index (Phi) is 6.54. The molecule has 2 aromatic rings. The summed E-state index contributed by atoms with van der Waals surface area (Å²) in [5, 5.41) is 2.61. The number of furan rings is 1. The maximum absolute atomic E-state index is 12.2. The van der Waals surface area contributed by atoms with Gasteiger partial charge < -0.3 is 19.4 Å². The van der Waals surface area contributed by atoms with Crippen molar-refractivity contribution in [3.8, 4) is 0 Å². The molecule has 0 fully saturated rings. The predicted octanol–water partition coefficient (Wildman–Crippen LogP) is 1.69. The van der Waals surface area contributed by atoms with Gasteiger partial charge in [-0.15, -0.1) is 0 Å². The van der Waals surface area contributed by atoms with Crippen molar-refractivity contribution < 1.29 is 23.5 Å². The zero-order chi connectivity index (χ0) is 19.1. The molecule has 0 aliphatic heterocycles. The third-order valence-electron chi connectivity index (χ3n) is 3.84. The van der Waals surface area contributed by atoms with Crippen molar-refractivity contribution in [2.75, 3.05) is 20.7 Å². The van der Waals surface area contributed by atoms with Crippen LogP contribution in [0, 0.1) is 6.92 Å². The van der Waals surface area contributed by atoms with Crippen LogP contribution in [0.5, 0.6) is 0 Å². The van der Waals surface area contributed by atoms with Gasteiger partial charge in [0.25, 0.3) is 0 Å². The third-order valence-corrected chi connectivity index (χ3v) is 3.84. The lowest BCUT2D eigenvalue weighted by molar-refractivity contribution is -0.132. The van der Waals surface area contributed by atoms with E-state index >= 15 is 0 Å². The Morgan fingerprint density at radius 3 is 2.54 bits per heavy atom. The van der Waals surface area contributed by atoms with Gasteiger partial charge in [0.1, 0.15) is 17.1 Å². The number of likely N-dealkylation sites (N-methyl/N-ethyl adjacent to an activating group) is 1. The first-order valence-corrected chi connectivity index (χ1v) is 8.13. The van der Waals surface area contributed by atoms with E-state index in [4.69, 9.17) is 4.42 Å². The fraction of sp³-hybridized carbons (Fsp3) is 0.316. The average Bonchev–Trinajstić information content (AvgIpc) is 3.00. The Balaban J connectivity index is 1.84. The van der Waals surface area contributed by atoms with E-state index in [1.165, 1.54) is 12.0 Å². The smallest absolute Gasteiger partial charge is 0.341 e. The molecule has 1 aromatic carbocycles. The highest BCUT2D eigenvalue weighted by molar-refractivity contribution is 5.90. The van der Waals surface area contributed by atoms with Gasteiger partial charge in [0.05, 0.1) is 26.6 Å². The maximum Gasteiger partial charge on any atom is 0.341 e. The van der Waals surface area contributed by atoms with Crippen LogP contribution in [-0.4, -0.2) is 43.4 Å². The second-order valence-corrected chi connectivity index (χ2v) is 5.86. The minimum absolute atomic E-state index is 0.105. The Morgan fingerprint density at radius 2 is 1.88 bits per heavy atom. The van der Waals surface area contributed by atoms with Crippen LogP contribution in [0.25, 0.3) is 0 Å².